The van der Waals surface area contributed by atoms with Crippen LogP contribution >= 0.6 is 0 Å². The summed E-state index contributed by atoms with van der Waals surface area (Å²) in [5, 5.41) is 0. The van der Waals surface area contributed by atoms with E-state index < -0.39 is 5.97 Å². The third kappa shape index (κ3) is 3.88. The Labute approximate surface area is 112 Å². The van der Waals surface area contributed by atoms with Crippen molar-refractivity contribution in [3.05, 3.63) is 53.4 Å². The number of allylic oxidation sites excluding steroid dienone is 2. The van der Waals surface area contributed by atoms with Gasteiger partial charge in [-0.2, -0.15) is 0 Å². The lowest BCUT2D eigenvalue weighted by Crippen LogP contribution is -2.05. The van der Waals surface area contributed by atoms with Crippen molar-refractivity contribution in [2.45, 2.75) is 12.8 Å². The average Bonchev–Trinajstić information content (AvgIpc) is 2.48. The largest absolute Gasteiger partial charge is 0.464 e. The smallest absolute Gasteiger partial charge is 0.356 e. The lowest BCUT2D eigenvalue weighted by Gasteiger charge is -2.03. The second-order valence-electron chi connectivity index (χ2n) is 4.17. The summed E-state index contributed by atoms with van der Waals surface area (Å²) < 4.78 is 4.63. The molecule has 98 valence electrons. The summed E-state index contributed by atoms with van der Waals surface area (Å²) in [6, 6.07) is 5.19. The molecule has 0 aromatic carbocycles. The molecule has 0 unspecified atom stereocenters. The highest BCUT2D eigenvalue weighted by molar-refractivity contribution is 5.88. The van der Waals surface area contributed by atoms with Gasteiger partial charge in [-0.05, 0) is 30.5 Å². The van der Waals surface area contributed by atoms with Gasteiger partial charge in [0.2, 0.25) is 0 Å². The van der Waals surface area contributed by atoms with Crippen molar-refractivity contribution in [1.29, 1.82) is 0 Å². The van der Waals surface area contributed by atoms with Crippen LogP contribution in [0.5, 0.6) is 0 Å². The monoisotopic (exact) mass is 256 g/mol. The van der Waals surface area contributed by atoms with Gasteiger partial charge in [0.15, 0.2) is 0 Å². The number of carbonyl (C=O) groups excluding carboxylic acids is 1. The molecular formula is C15H16N2O2. The zero-order chi connectivity index (χ0) is 13.5. The van der Waals surface area contributed by atoms with Crippen LogP contribution < -0.4 is 0 Å². The van der Waals surface area contributed by atoms with Crippen molar-refractivity contribution in [2.24, 2.45) is 4.99 Å². The minimum absolute atomic E-state index is 0.295. The number of ether oxygens (including phenoxy) is 1. The normalized spacial score (nSPS) is 14.5. The number of methoxy groups -OCH3 is 1. The number of pyridine rings is 1. The van der Waals surface area contributed by atoms with E-state index in [2.05, 4.69) is 32.9 Å². The summed E-state index contributed by atoms with van der Waals surface area (Å²) in [7, 11) is 1.34. The van der Waals surface area contributed by atoms with Gasteiger partial charge >= 0.3 is 5.97 Å². The van der Waals surface area contributed by atoms with Crippen LogP contribution in [0.2, 0.25) is 0 Å². The minimum atomic E-state index is -0.437. The third-order valence-electron chi connectivity index (χ3n) is 2.73. The van der Waals surface area contributed by atoms with Crippen LogP contribution in [0.3, 0.4) is 0 Å². The average molecular weight is 256 g/mol. The predicted molar refractivity (Wildman–Crippen MR) is 74.5 cm³/mol. The maximum absolute atomic E-state index is 11.3. The Morgan fingerprint density at radius 2 is 2.37 bits per heavy atom. The highest BCUT2D eigenvalue weighted by Crippen LogP contribution is 2.09. The molecule has 0 fully saturated rings. The van der Waals surface area contributed by atoms with Crippen LogP contribution in [0, 0.1) is 0 Å². The van der Waals surface area contributed by atoms with Crippen molar-refractivity contribution >= 4 is 12.2 Å². The van der Waals surface area contributed by atoms with Gasteiger partial charge in [-0.15, -0.1) is 0 Å². The van der Waals surface area contributed by atoms with Crippen molar-refractivity contribution in [3.8, 4) is 0 Å². The summed E-state index contributed by atoms with van der Waals surface area (Å²) in [5.41, 5.74) is 2.16. The summed E-state index contributed by atoms with van der Waals surface area (Å²) in [6.45, 7) is 0.640. The highest BCUT2D eigenvalue weighted by Gasteiger charge is 2.06. The fraction of sp³-hybridized carbons (Fsp3) is 0.267. The standard InChI is InChI=1S/C15H16N2O2/c1-19-15(18)14-9-5-8-13(17-14)11-16-10-12-6-3-2-4-7-12/h3,5-9,11H,2,4,10H2,1H3. The van der Waals surface area contributed by atoms with E-state index in [4.69, 9.17) is 0 Å². The summed E-state index contributed by atoms with van der Waals surface area (Å²) in [4.78, 5) is 19.8. The van der Waals surface area contributed by atoms with Crippen molar-refractivity contribution in [1.82, 2.24) is 4.98 Å². The number of carbonyl (C=O) groups is 1. The quantitative estimate of drug-likeness (QED) is 0.614. The molecule has 0 aliphatic heterocycles. The number of hydrogen-bond acceptors (Lipinski definition) is 4. The number of aliphatic imine (C=N–C) groups is 1. The number of nitrogens with zero attached hydrogens (tertiary/aromatic N) is 2. The fourth-order valence-electron chi connectivity index (χ4n) is 1.77. The van der Waals surface area contributed by atoms with Crippen molar-refractivity contribution in [3.63, 3.8) is 0 Å². The van der Waals surface area contributed by atoms with Crippen LogP contribution in [0.15, 0.2) is 47.0 Å². The van der Waals surface area contributed by atoms with Gasteiger partial charge in [0, 0.05) is 6.21 Å². The Bertz CT molecular complexity index is 545. The molecule has 1 aliphatic carbocycles. The zero-order valence-electron chi connectivity index (χ0n) is 10.9. The van der Waals surface area contributed by atoms with Crippen LogP contribution in [0.4, 0.5) is 0 Å². The lowest BCUT2D eigenvalue weighted by atomic mass is 10.1. The van der Waals surface area contributed by atoms with E-state index in [-0.39, 0.29) is 0 Å². The van der Waals surface area contributed by atoms with E-state index in [1.54, 1.807) is 24.4 Å². The molecule has 19 heavy (non-hydrogen) atoms. The molecular weight excluding hydrogens is 240 g/mol. The first kappa shape index (κ1) is 13.2. The Kier molecular flexibility index (Phi) is 4.61. The maximum Gasteiger partial charge on any atom is 0.356 e. The molecule has 1 aromatic rings. The van der Waals surface area contributed by atoms with E-state index in [0.717, 1.165) is 12.8 Å². The molecule has 0 bridgehead atoms. The van der Waals surface area contributed by atoms with Gasteiger partial charge in [0.05, 0.1) is 19.3 Å². The minimum Gasteiger partial charge on any atom is -0.464 e. The Morgan fingerprint density at radius 1 is 1.47 bits per heavy atom. The van der Waals surface area contributed by atoms with Crippen LogP contribution in [-0.2, 0) is 4.74 Å². The van der Waals surface area contributed by atoms with Crippen molar-refractivity contribution < 1.29 is 9.53 Å². The number of hydrogen-bond donors (Lipinski definition) is 0. The Morgan fingerprint density at radius 3 is 3.11 bits per heavy atom. The Balaban J connectivity index is 2.00. The molecule has 4 heteroatoms. The van der Waals surface area contributed by atoms with E-state index in [1.807, 2.05) is 0 Å². The second-order valence-corrected chi connectivity index (χ2v) is 4.17. The summed E-state index contributed by atoms with van der Waals surface area (Å²) in [5.74, 6) is -0.437. The van der Waals surface area contributed by atoms with Gasteiger partial charge in [0.25, 0.3) is 0 Å². The first-order valence-electron chi connectivity index (χ1n) is 6.20. The van der Waals surface area contributed by atoms with Gasteiger partial charge < -0.3 is 4.74 Å². The lowest BCUT2D eigenvalue weighted by molar-refractivity contribution is 0.0594. The summed E-state index contributed by atoms with van der Waals surface area (Å²) >= 11 is 0. The maximum atomic E-state index is 11.3. The van der Waals surface area contributed by atoms with Crippen LogP contribution in [0.25, 0.3) is 0 Å². The second kappa shape index (κ2) is 6.64. The Hall–Kier alpha value is -2.23. The first-order chi connectivity index (χ1) is 9.29. The van der Waals surface area contributed by atoms with E-state index in [9.17, 15) is 4.79 Å². The molecule has 0 atom stereocenters. The molecule has 0 saturated carbocycles. The highest BCUT2D eigenvalue weighted by atomic mass is 16.5. The van der Waals surface area contributed by atoms with Gasteiger partial charge in [-0.25, -0.2) is 9.78 Å². The van der Waals surface area contributed by atoms with E-state index in [1.165, 1.54) is 12.7 Å². The third-order valence-corrected chi connectivity index (χ3v) is 2.73. The van der Waals surface area contributed by atoms with Gasteiger partial charge in [-0.3, -0.25) is 4.99 Å². The van der Waals surface area contributed by atoms with E-state index >= 15 is 0 Å². The molecule has 0 saturated heterocycles. The fourth-order valence-corrected chi connectivity index (χ4v) is 1.77. The SMILES string of the molecule is COC(=O)c1cccc(C=NCC2=CCCC=C2)n1. The molecule has 4 nitrogen and oxygen atoms in total. The van der Waals surface area contributed by atoms with Crippen LogP contribution in [0.1, 0.15) is 29.0 Å². The molecule has 1 heterocycles. The molecule has 0 spiro atoms. The zero-order valence-corrected chi connectivity index (χ0v) is 10.9. The number of rotatable bonds is 4. The van der Waals surface area contributed by atoms with Gasteiger partial charge in [-0.1, -0.05) is 24.3 Å². The number of aromatic nitrogens is 1. The van der Waals surface area contributed by atoms with E-state index in [0.29, 0.717) is 17.9 Å². The molecule has 1 aromatic heterocycles. The number of esters is 1. The predicted octanol–water partition coefficient (Wildman–Crippen LogP) is 2.56. The molecule has 1 aliphatic rings. The summed E-state index contributed by atoms with van der Waals surface area (Å²) in [6.07, 6.45) is 10.3. The molecule has 0 N–H and O–H groups in total. The first-order valence-corrected chi connectivity index (χ1v) is 6.20. The van der Waals surface area contributed by atoms with Crippen LogP contribution in [-0.4, -0.2) is 30.8 Å². The topological polar surface area (TPSA) is 51.5 Å². The van der Waals surface area contributed by atoms with Gasteiger partial charge in [0.1, 0.15) is 5.69 Å². The molecule has 2 rings (SSSR count). The van der Waals surface area contributed by atoms with Crippen molar-refractivity contribution in [2.75, 3.05) is 13.7 Å². The molecule has 0 amide bonds. The molecule has 0 radical (unpaired) electrons.